The van der Waals surface area contributed by atoms with Crippen LogP contribution in [0.25, 0.3) is 5.57 Å². The van der Waals surface area contributed by atoms with Crippen LogP contribution < -0.4 is 5.32 Å². The summed E-state index contributed by atoms with van der Waals surface area (Å²) >= 11 is 0. The van der Waals surface area contributed by atoms with Crippen molar-refractivity contribution in [3.05, 3.63) is 35.7 Å². The van der Waals surface area contributed by atoms with Crippen molar-refractivity contribution < 1.29 is 0 Å². The van der Waals surface area contributed by atoms with E-state index in [0.717, 1.165) is 24.1 Å². The molecule has 3 rings (SSSR count). The fourth-order valence-corrected chi connectivity index (χ4v) is 2.96. The van der Waals surface area contributed by atoms with Crippen molar-refractivity contribution in [2.75, 3.05) is 13.1 Å². The first-order chi connectivity index (χ1) is 7.84. The molecule has 0 aromatic carbocycles. The molecule has 2 heteroatoms. The fraction of sp³-hybridized carbons (Fsp3) is 0.500. The molecule has 84 valence electrons. The summed E-state index contributed by atoms with van der Waals surface area (Å²) in [4.78, 5) is 4.40. The molecule has 0 spiro atoms. The number of fused-ring (bicyclic) bond motifs is 1. The molecule has 1 aromatic rings. The lowest BCUT2D eigenvalue weighted by Gasteiger charge is -2.28. The third-order valence-electron chi connectivity index (χ3n) is 3.91. The summed E-state index contributed by atoms with van der Waals surface area (Å²) in [6.45, 7) is 4.37. The van der Waals surface area contributed by atoms with Crippen LogP contribution in [0.15, 0.2) is 24.4 Å². The summed E-state index contributed by atoms with van der Waals surface area (Å²) in [5.74, 6) is 1.59. The Morgan fingerprint density at radius 1 is 1.38 bits per heavy atom. The predicted octanol–water partition coefficient (Wildman–Crippen LogP) is 2.40. The van der Waals surface area contributed by atoms with Gasteiger partial charge in [-0.2, -0.15) is 0 Å². The van der Waals surface area contributed by atoms with Crippen LogP contribution in [0.1, 0.15) is 24.1 Å². The molecule has 1 saturated heterocycles. The van der Waals surface area contributed by atoms with Gasteiger partial charge in [0.15, 0.2) is 0 Å². The van der Waals surface area contributed by atoms with E-state index in [1.165, 1.54) is 30.5 Å². The van der Waals surface area contributed by atoms with Crippen LogP contribution in [0, 0.1) is 18.8 Å². The van der Waals surface area contributed by atoms with Crippen molar-refractivity contribution in [2.45, 2.75) is 19.8 Å². The van der Waals surface area contributed by atoms with Crippen LogP contribution in [0.5, 0.6) is 0 Å². The standard InChI is InChI=1S/C14H18N2/c1-10-2-3-12(8-16-10)13-5-4-11-6-7-15-9-14(11)13/h2-3,5,8,11,14-15H,4,6-7,9H2,1H3/t11-,14+/m0/s1. The highest BCUT2D eigenvalue weighted by Gasteiger charge is 2.32. The van der Waals surface area contributed by atoms with Crippen molar-refractivity contribution in [1.82, 2.24) is 10.3 Å². The Labute approximate surface area is 96.8 Å². The molecule has 1 aliphatic heterocycles. The minimum absolute atomic E-state index is 0.721. The highest BCUT2D eigenvalue weighted by atomic mass is 14.9. The van der Waals surface area contributed by atoms with Gasteiger partial charge in [-0.1, -0.05) is 12.1 Å². The van der Waals surface area contributed by atoms with Crippen LogP contribution in [0.4, 0.5) is 0 Å². The van der Waals surface area contributed by atoms with Gasteiger partial charge in [0.2, 0.25) is 0 Å². The van der Waals surface area contributed by atoms with Crippen molar-refractivity contribution >= 4 is 5.57 Å². The van der Waals surface area contributed by atoms with Gasteiger partial charge in [-0.3, -0.25) is 4.98 Å². The first-order valence-corrected chi connectivity index (χ1v) is 6.18. The molecule has 2 heterocycles. The number of aromatic nitrogens is 1. The second-order valence-electron chi connectivity index (χ2n) is 4.94. The SMILES string of the molecule is Cc1ccc(C2=CC[C@H]3CCNC[C@@H]23)cn1. The first-order valence-electron chi connectivity index (χ1n) is 6.18. The lowest BCUT2D eigenvalue weighted by molar-refractivity contribution is 0.328. The maximum Gasteiger partial charge on any atom is 0.0373 e. The molecule has 16 heavy (non-hydrogen) atoms. The summed E-state index contributed by atoms with van der Waals surface area (Å²) in [7, 11) is 0. The zero-order valence-corrected chi connectivity index (χ0v) is 9.74. The largest absolute Gasteiger partial charge is 0.316 e. The normalized spacial score (nSPS) is 28.7. The minimum atomic E-state index is 0.721. The van der Waals surface area contributed by atoms with Gasteiger partial charge in [0, 0.05) is 18.4 Å². The average Bonchev–Trinajstić information content (AvgIpc) is 2.74. The first kappa shape index (κ1) is 10.0. The molecule has 1 fully saturated rings. The zero-order chi connectivity index (χ0) is 11.0. The lowest BCUT2D eigenvalue weighted by atomic mass is 9.84. The van der Waals surface area contributed by atoms with E-state index in [-0.39, 0.29) is 0 Å². The molecule has 0 radical (unpaired) electrons. The maximum absolute atomic E-state index is 4.40. The number of nitrogens with one attached hydrogen (secondary N) is 1. The predicted molar refractivity (Wildman–Crippen MR) is 66.0 cm³/mol. The van der Waals surface area contributed by atoms with Gasteiger partial charge in [0.1, 0.15) is 0 Å². The van der Waals surface area contributed by atoms with Crippen LogP contribution in [-0.2, 0) is 0 Å². The molecule has 0 amide bonds. The number of rotatable bonds is 1. The maximum atomic E-state index is 4.40. The number of hydrogen-bond donors (Lipinski definition) is 1. The Kier molecular flexibility index (Phi) is 2.52. The Morgan fingerprint density at radius 3 is 3.12 bits per heavy atom. The van der Waals surface area contributed by atoms with E-state index in [9.17, 15) is 0 Å². The molecule has 0 saturated carbocycles. The zero-order valence-electron chi connectivity index (χ0n) is 9.74. The molecule has 2 atom stereocenters. The second-order valence-corrected chi connectivity index (χ2v) is 4.94. The van der Waals surface area contributed by atoms with Crippen LogP contribution >= 0.6 is 0 Å². The molecular weight excluding hydrogens is 196 g/mol. The molecule has 2 aliphatic rings. The highest BCUT2D eigenvalue weighted by molar-refractivity contribution is 5.69. The van der Waals surface area contributed by atoms with Crippen molar-refractivity contribution in [3.8, 4) is 0 Å². The van der Waals surface area contributed by atoms with Gasteiger partial charge in [0.05, 0.1) is 0 Å². The van der Waals surface area contributed by atoms with E-state index in [1.807, 2.05) is 13.1 Å². The quantitative estimate of drug-likeness (QED) is 0.776. The van der Waals surface area contributed by atoms with Gasteiger partial charge >= 0.3 is 0 Å². The Hall–Kier alpha value is -1.15. The molecule has 0 unspecified atom stereocenters. The fourth-order valence-electron chi connectivity index (χ4n) is 2.96. The Balaban J connectivity index is 1.87. The number of pyridine rings is 1. The topological polar surface area (TPSA) is 24.9 Å². The van der Waals surface area contributed by atoms with Crippen LogP contribution in [0.3, 0.4) is 0 Å². The van der Waals surface area contributed by atoms with Gasteiger partial charge in [0.25, 0.3) is 0 Å². The molecule has 1 N–H and O–H groups in total. The third kappa shape index (κ3) is 1.67. The Morgan fingerprint density at radius 2 is 2.31 bits per heavy atom. The number of allylic oxidation sites excluding steroid dienone is 1. The molecule has 2 nitrogen and oxygen atoms in total. The van der Waals surface area contributed by atoms with Gasteiger partial charge in [-0.15, -0.1) is 0 Å². The number of aryl methyl sites for hydroxylation is 1. The van der Waals surface area contributed by atoms with Crippen molar-refractivity contribution in [3.63, 3.8) is 0 Å². The smallest absolute Gasteiger partial charge is 0.0373 e. The number of nitrogens with zero attached hydrogens (tertiary/aromatic N) is 1. The van der Waals surface area contributed by atoms with E-state index in [1.54, 1.807) is 0 Å². The molecule has 1 aliphatic carbocycles. The molecule has 1 aromatic heterocycles. The van der Waals surface area contributed by atoms with Crippen LogP contribution in [0.2, 0.25) is 0 Å². The van der Waals surface area contributed by atoms with E-state index in [2.05, 4.69) is 28.5 Å². The summed E-state index contributed by atoms with van der Waals surface area (Å²) in [5.41, 5.74) is 3.94. The third-order valence-corrected chi connectivity index (χ3v) is 3.91. The summed E-state index contributed by atoms with van der Waals surface area (Å²) < 4.78 is 0. The van der Waals surface area contributed by atoms with Crippen molar-refractivity contribution in [2.24, 2.45) is 11.8 Å². The van der Waals surface area contributed by atoms with Gasteiger partial charge < -0.3 is 5.32 Å². The average molecular weight is 214 g/mol. The number of hydrogen-bond acceptors (Lipinski definition) is 2. The van der Waals surface area contributed by atoms with E-state index < -0.39 is 0 Å². The van der Waals surface area contributed by atoms with Gasteiger partial charge in [-0.05, 0) is 55.3 Å². The van der Waals surface area contributed by atoms with E-state index in [4.69, 9.17) is 0 Å². The Bertz CT molecular complexity index is 405. The van der Waals surface area contributed by atoms with E-state index >= 15 is 0 Å². The van der Waals surface area contributed by atoms with Crippen LogP contribution in [-0.4, -0.2) is 18.1 Å². The summed E-state index contributed by atoms with van der Waals surface area (Å²) in [6, 6.07) is 4.32. The summed E-state index contributed by atoms with van der Waals surface area (Å²) in [5, 5.41) is 3.51. The second kappa shape index (κ2) is 4.02. The van der Waals surface area contributed by atoms with Crippen molar-refractivity contribution in [1.29, 1.82) is 0 Å². The van der Waals surface area contributed by atoms with E-state index in [0.29, 0.717) is 0 Å². The molecular formula is C14H18N2. The highest BCUT2D eigenvalue weighted by Crippen LogP contribution is 2.40. The summed E-state index contributed by atoms with van der Waals surface area (Å²) in [6.07, 6.45) is 7.03. The molecule has 0 bridgehead atoms. The monoisotopic (exact) mass is 214 g/mol. The van der Waals surface area contributed by atoms with Gasteiger partial charge in [-0.25, -0.2) is 0 Å². The number of piperidine rings is 1. The minimum Gasteiger partial charge on any atom is -0.316 e. The lowest BCUT2D eigenvalue weighted by Crippen LogP contribution is -2.34.